The summed E-state index contributed by atoms with van der Waals surface area (Å²) < 4.78 is 5.38. The zero-order chi connectivity index (χ0) is 10.1. The Morgan fingerprint density at radius 2 is 2.50 bits per heavy atom. The van der Waals surface area contributed by atoms with Crippen molar-refractivity contribution < 1.29 is 9.84 Å². The van der Waals surface area contributed by atoms with Gasteiger partial charge in [-0.2, -0.15) is 0 Å². The quantitative estimate of drug-likeness (QED) is 0.807. The molecule has 0 saturated carbocycles. The van der Waals surface area contributed by atoms with E-state index in [4.69, 9.17) is 4.74 Å². The Labute approximate surface area is 87.7 Å². The van der Waals surface area contributed by atoms with Crippen molar-refractivity contribution in [2.75, 3.05) is 6.61 Å². The molecule has 1 aliphatic heterocycles. The molecular weight excluding hydrogens is 198 g/mol. The van der Waals surface area contributed by atoms with Gasteiger partial charge in [0.1, 0.15) is 0 Å². The van der Waals surface area contributed by atoms with E-state index in [0.29, 0.717) is 6.61 Å². The lowest BCUT2D eigenvalue weighted by Gasteiger charge is -2.14. The molecule has 78 valence electrons. The SMILES string of the molecule is Cc1csc(CC2C(O)COC2C)n1. The molecule has 1 aromatic heterocycles. The maximum absolute atomic E-state index is 9.68. The minimum Gasteiger partial charge on any atom is -0.390 e. The van der Waals surface area contributed by atoms with Gasteiger partial charge >= 0.3 is 0 Å². The lowest BCUT2D eigenvalue weighted by Crippen LogP contribution is -2.24. The summed E-state index contributed by atoms with van der Waals surface area (Å²) >= 11 is 1.66. The Morgan fingerprint density at radius 1 is 1.71 bits per heavy atom. The third kappa shape index (κ3) is 1.97. The molecule has 14 heavy (non-hydrogen) atoms. The number of aromatic nitrogens is 1. The average Bonchev–Trinajstić information content (AvgIpc) is 2.67. The first-order valence-electron chi connectivity index (χ1n) is 4.87. The van der Waals surface area contributed by atoms with Crippen molar-refractivity contribution in [3.05, 3.63) is 16.1 Å². The molecule has 0 aromatic carbocycles. The van der Waals surface area contributed by atoms with E-state index in [0.717, 1.165) is 17.1 Å². The molecule has 1 aromatic rings. The summed E-state index contributed by atoms with van der Waals surface area (Å²) in [4.78, 5) is 4.39. The first kappa shape index (κ1) is 10.1. The lowest BCUT2D eigenvalue weighted by atomic mass is 9.97. The van der Waals surface area contributed by atoms with Crippen LogP contribution in [-0.2, 0) is 11.2 Å². The van der Waals surface area contributed by atoms with Gasteiger partial charge in [0.25, 0.3) is 0 Å². The maximum Gasteiger partial charge on any atom is 0.0932 e. The van der Waals surface area contributed by atoms with Gasteiger partial charge < -0.3 is 9.84 Å². The molecule has 2 heterocycles. The van der Waals surface area contributed by atoms with Gasteiger partial charge in [-0.1, -0.05) is 0 Å². The van der Waals surface area contributed by atoms with Gasteiger partial charge in [-0.3, -0.25) is 0 Å². The summed E-state index contributed by atoms with van der Waals surface area (Å²) in [6.07, 6.45) is 0.657. The highest BCUT2D eigenvalue weighted by Crippen LogP contribution is 2.26. The van der Waals surface area contributed by atoms with Crippen molar-refractivity contribution in [1.82, 2.24) is 4.98 Å². The van der Waals surface area contributed by atoms with Gasteiger partial charge in [-0.05, 0) is 13.8 Å². The van der Waals surface area contributed by atoms with E-state index < -0.39 is 0 Å². The number of nitrogens with zero attached hydrogens (tertiary/aromatic N) is 1. The zero-order valence-electron chi connectivity index (χ0n) is 8.43. The fourth-order valence-electron chi connectivity index (χ4n) is 1.81. The van der Waals surface area contributed by atoms with Crippen LogP contribution in [0.25, 0.3) is 0 Å². The monoisotopic (exact) mass is 213 g/mol. The van der Waals surface area contributed by atoms with Crippen LogP contribution in [-0.4, -0.2) is 28.9 Å². The Hall–Kier alpha value is -0.450. The maximum atomic E-state index is 9.68. The number of ether oxygens (including phenoxy) is 1. The molecule has 1 fully saturated rings. The molecular formula is C10H15NO2S. The van der Waals surface area contributed by atoms with Crippen LogP contribution in [0.4, 0.5) is 0 Å². The second kappa shape index (κ2) is 3.96. The summed E-state index contributed by atoms with van der Waals surface area (Å²) in [7, 11) is 0. The van der Waals surface area contributed by atoms with Crippen LogP contribution in [0.2, 0.25) is 0 Å². The average molecular weight is 213 g/mol. The highest BCUT2D eigenvalue weighted by Gasteiger charge is 2.33. The van der Waals surface area contributed by atoms with E-state index in [1.165, 1.54) is 0 Å². The van der Waals surface area contributed by atoms with Crippen LogP contribution in [0.3, 0.4) is 0 Å². The number of rotatable bonds is 2. The number of hydrogen-bond acceptors (Lipinski definition) is 4. The van der Waals surface area contributed by atoms with Crippen molar-refractivity contribution in [1.29, 1.82) is 0 Å². The molecule has 1 aliphatic rings. The second-order valence-electron chi connectivity index (χ2n) is 3.86. The molecule has 0 aliphatic carbocycles. The summed E-state index contributed by atoms with van der Waals surface area (Å²) in [5, 5.41) is 12.8. The molecule has 3 unspecified atom stereocenters. The van der Waals surface area contributed by atoms with Gasteiger partial charge in [0, 0.05) is 23.4 Å². The molecule has 0 bridgehead atoms. The molecule has 1 N–H and O–H groups in total. The fraction of sp³-hybridized carbons (Fsp3) is 0.700. The molecule has 0 amide bonds. The summed E-state index contributed by atoms with van der Waals surface area (Å²) in [5.74, 6) is 0.209. The van der Waals surface area contributed by atoms with Gasteiger partial charge in [-0.15, -0.1) is 11.3 Å². The van der Waals surface area contributed by atoms with Crippen molar-refractivity contribution in [3.8, 4) is 0 Å². The number of aliphatic hydroxyl groups excluding tert-OH is 1. The summed E-state index contributed by atoms with van der Waals surface area (Å²) in [6.45, 7) is 4.47. The van der Waals surface area contributed by atoms with E-state index in [1.54, 1.807) is 11.3 Å². The zero-order valence-corrected chi connectivity index (χ0v) is 9.25. The van der Waals surface area contributed by atoms with Crippen LogP contribution in [0.15, 0.2) is 5.38 Å². The fourth-order valence-corrected chi connectivity index (χ4v) is 2.66. The Kier molecular flexibility index (Phi) is 2.85. The van der Waals surface area contributed by atoms with Crippen LogP contribution >= 0.6 is 11.3 Å². The van der Waals surface area contributed by atoms with Crippen molar-refractivity contribution >= 4 is 11.3 Å². The Morgan fingerprint density at radius 3 is 3.00 bits per heavy atom. The molecule has 1 saturated heterocycles. The van der Waals surface area contributed by atoms with Gasteiger partial charge in [-0.25, -0.2) is 4.98 Å². The van der Waals surface area contributed by atoms with E-state index in [9.17, 15) is 5.11 Å². The van der Waals surface area contributed by atoms with Crippen LogP contribution < -0.4 is 0 Å². The lowest BCUT2D eigenvalue weighted by molar-refractivity contribution is 0.0963. The smallest absolute Gasteiger partial charge is 0.0932 e. The molecule has 2 rings (SSSR count). The highest BCUT2D eigenvalue weighted by atomic mass is 32.1. The third-order valence-corrected chi connectivity index (χ3v) is 3.69. The predicted octanol–water partition coefficient (Wildman–Crippen LogP) is 1.39. The van der Waals surface area contributed by atoms with Crippen molar-refractivity contribution in [2.45, 2.75) is 32.5 Å². The van der Waals surface area contributed by atoms with Crippen molar-refractivity contribution in [3.63, 3.8) is 0 Å². The normalized spacial score (nSPS) is 32.4. The summed E-state index contributed by atoms with van der Waals surface area (Å²) in [5.41, 5.74) is 1.06. The largest absolute Gasteiger partial charge is 0.390 e. The third-order valence-electron chi connectivity index (χ3n) is 2.70. The number of hydrogen-bond donors (Lipinski definition) is 1. The van der Waals surface area contributed by atoms with Crippen LogP contribution in [0.1, 0.15) is 17.6 Å². The molecule has 0 spiro atoms. The van der Waals surface area contributed by atoms with E-state index in [-0.39, 0.29) is 18.1 Å². The first-order valence-corrected chi connectivity index (χ1v) is 5.75. The molecule has 3 nitrogen and oxygen atoms in total. The first-order chi connectivity index (χ1) is 6.66. The molecule has 4 heteroatoms. The summed E-state index contributed by atoms with van der Waals surface area (Å²) in [6, 6.07) is 0. The van der Waals surface area contributed by atoms with Gasteiger partial charge in [0.15, 0.2) is 0 Å². The number of thiazole rings is 1. The van der Waals surface area contributed by atoms with Gasteiger partial charge in [0.05, 0.1) is 23.8 Å². The minimum atomic E-state index is -0.325. The van der Waals surface area contributed by atoms with E-state index in [2.05, 4.69) is 4.98 Å². The van der Waals surface area contributed by atoms with E-state index in [1.807, 2.05) is 19.2 Å². The molecule has 3 atom stereocenters. The Balaban J connectivity index is 2.03. The Bertz CT molecular complexity index is 303. The number of aryl methyl sites for hydroxylation is 1. The van der Waals surface area contributed by atoms with Crippen LogP contribution in [0.5, 0.6) is 0 Å². The second-order valence-corrected chi connectivity index (χ2v) is 4.80. The van der Waals surface area contributed by atoms with Gasteiger partial charge in [0.2, 0.25) is 0 Å². The van der Waals surface area contributed by atoms with Crippen molar-refractivity contribution in [2.24, 2.45) is 5.92 Å². The highest BCUT2D eigenvalue weighted by molar-refractivity contribution is 7.09. The minimum absolute atomic E-state index is 0.147. The molecule has 0 radical (unpaired) electrons. The topological polar surface area (TPSA) is 42.4 Å². The standard InChI is InChI=1S/C10H15NO2S/c1-6-5-14-10(11-6)3-8-7(2)13-4-9(8)12/h5,7-9,12H,3-4H2,1-2H3. The number of aliphatic hydroxyl groups is 1. The van der Waals surface area contributed by atoms with Crippen LogP contribution in [0, 0.1) is 12.8 Å². The van der Waals surface area contributed by atoms with E-state index >= 15 is 0 Å². The predicted molar refractivity (Wildman–Crippen MR) is 55.5 cm³/mol.